The minimum Gasteiger partial charge on any atom is -0.355 e. The molecule has 0 aromatic heterocycles. The zero-order valence-corrected chi connectivity index (χ0v) is 14.0. The topological polar surface area (TPSA) is 41.1 Å². The van der Waals surface area contributed by atoms with E-state index >= 15 is 0 Å². The molecule has 1 aliphatic carbocycles. The largest absolute Gasteiger partial charge is 0.355 e. The molecule has 3 nitrogen and oxygen atoms in total. The number of carbonyl (C=O) groups excluding carboxylic acids is 1. The van der Waals surface area contributed by atoms with Gasteiger partial charge >= 0.3 is 0 Å². The summed E-state index contributed by atoms with van der Waals surface area (Å²) in [6, 6.07) is 0. The molecule has 1 saturated carbocycles. The number of hydrogen-bond acceptors (Lipinski definition) is 2. The predicted octanol–water partition coefficient (Wildman–Crippen LogP) is 3.49. The Kier molecular flexibility index (Phi) is 6.53. The van der Waals surface area contributed by atoms with E-state index in [1.165, 1.54) is 44.9 Å². The molecular weight excluding hydrogens is 260 g/mol. The highest BCUT2D eigenvalue weighted by atomic mass is 16.1. The summed E-state index contributed by atoms with van der Waals surface area (Å²) in [5.74, 6) is 1.48. The molecule has 0 aromatic rings. The van der Waals surface area contributed by atoms with Gasteiger partial charge in [0.1, 0.15) is 0 Å². The van der Waals surface area contributed by atoms with Crippen LogP contribution in [0.2, 0.25) is 0 Å². The molecule has 2 fully saturated rings. The van der Waals surface area contributed by atoms with Gasteiger partial charge in [0, 0.05) is 19.0 Å². The number of carbonyl (C=O) groups is 1. The van der Waals surface area contributed by atoms with Gasteiger partial charge in [-0.1, -0.05) is 33.1 Å². The van der Waals surface area contributed by atoms with Crippen molar-refractivity contribution in [3.05, 3.63) is 0 Å². The molecule has 1 heterocycles. The van der Waals surface area contributed by atoms with Crippen molar-refractivity contribution in [1.29, 1.82) is 0 Å². The summed E-state index contributed by atoms with van der Waals surface area (Å²) in [4.78, 5) is 12.4. The number of amides is 1. The van der Waals surface area contributed by atoms with Crippen LogP contribution in [0.25, 0.3) is 0 Å². The molecule has 0 aromatic carbocycles. The average Bonchev–Trinajstić information content (AvgIpc) is 2.52. The zero-order chi connectivity index (χ0) is 15.1. The fourth-order valence-electron chi connectivity index (χ4n) is 3.92. The normalized spacial score (nSPS) is 33.6. The van der Waals surface area contributed by atoms with Crippen LogP contribution in [-0.4, -0.2) is 25.5 Å². The van der Waals surface area contributed by atoms with Crippen molar-refractivity contribution in [2.24, 2.45) is 17.3 Å². The Morgan fingerprint density at radius 1 is 1.29 bits per heavy atom. The van der Waals surface area contributed by atoms with Crippen molar-refractivity contribution in [2.75, 3.05) is 19.6 Å². The summed E-state index contributed by atoms with van der Waals surface area (Å²) in [5, 5.41) is 6.69. The molecule has 2 aliphatic rings. The van der Waals surface area contributed by atoms with Crippen LogP contribution in [0.15, 0.2) is 0 Å². The number of unbranched alkanes of at least 4 members (excludes halogenated alkanes) is 1. The highest BCUT2D eigenvalue weighted by Crippen LogP contribution is 2.32. The van der Waals surface area contributed by atoms with Crippen molar-refractivity contribution in [3.63, 3.8) is 0 Å². The van der Waals surface area contributed by atoms with Crippen LogP contribution in [0.5, 0.6) is 0 Å². The number of hydrogen-bond donors (Lipinski definition) is 2. The van der Waals surface area contributed by atoms with Gasteiger partial charge in [0.25, 0.3) is 0 Å². The van der Waals surface area contributed by atoms with E-state index in [9.17, 15) is 4.79 Å². The van der Waals surface area contributed by atoms with Gasteiger partial charge in [-0.05, 0) is 56.4 Å². The molecule has 0 bridgehead atoms. The van der Waals surface area contributed by atoms with Crippen LogP contribution in [0.4, 0.5) is 0 Å². The van der Waals surface area contributed by atoms with E-state index in [1.807, 2.05) is 0 Å². The molecule has 0 radical (unpaired) electrons. The Labute approximate surface area is 130 Å². The number of rotatable bonds is 6. The molecule has 21 heavy (non-hydrogen) atoms. The second-order valence-electron chi connectivity index (χ2n) is 7.67. The van der Waals surface area contributed by atoms with E-state index in [1.54, 1.807) is 0 Å². The van der Waals surface area contributed by atoms with Gasteiger partial charge in [-0.25, -0.2) is 0 Å². The van der Waals surface area contributed by atoms with Crippen LogP contribution in [0.3, 0.4) is 0 Å². The first-order valence-electron chi connectivity index (χ1n) is 9.11. The van der Waals surface area contributed by atoms with Crippen LogP contribution in [0.1, 0.15) is 71.6 Å². The predicted molar refractivity (Wildman–Crippen MR) is 88.2 cm³/mol. The first kappa shape index (κ1) is 16.8. The second kappa shape index (κ2) is 8.17. The molecule has 2 rings (SSSR count). The Morgan fingerprint density at radius 2 is 2.05 bits per heavy atom. The van der Waals surface area contributed by atoms with E-state index < -0.39 is 0 Å². The maximum absolute atomic E-state index is 12.4. The highest BCUT2D eigenvalue weighted by Gasteiger charge is 2.30. The molecule has 3 heteroatoms. The minimum absolute atomic E-state index is 0.256. The molecule has 1 saturated heterocycles. The number of nitrogens with one attached hydrogen (secondary N) is 2. The third-order valence-corrected chi connectivity index (χ3v) is 5.56. The summed E-state index contributed by atoms with van der Waals surface area (Å²) in [6.45, 7) is 7.57. The Hall–Kier alpha value is -0.570. The summed E-state index contributed by atoms with van der Waals surface area (Å²) < 4.78 is 0. The van der Waals surface area contributed by atoms with Gasteiger partial charge in [0.05, 0.1) is 0 Å². The SMILES string of the molecule is CCCCC1CCC(C(=O)NCC2(C)CCCNC2)CC1. The monoisotopic (exact) mass is 294 g/mol. The molecular formula is C18H34N2O. The highest BCUT2D eigenvalue weighted by molar-refractivity contribution is 5.78. The molecule has 1 aliphatic heterocycles. The van der Waals surface area contributed by atoms with Crippen molar-refractivity contribution < 1.29 is 4.79 Å². The van der Waals surface area contributed by atoms with Gasteiger partial charge in [0.2, 0.25) is 5.91 Å². The van der Waals surface area contributed by atoms with E-state index in [4.69, 9.17) is 0 Å². The van der Waals surface area contributed by atoms with Gasteiger partial charge in [-0.15, -0.1) is 0 Å². The molecule has 0 spiro atoms. The Bertz CT molecular complexity index is 315. The lowest BCUT2D eigenvalue weighted by molar-refractivity contribution is -0.126. The fraction of sp³-hybridized carbons (Fsp3) is 0.944. The Morgan fingerprint density at radius 3 is 2.67 bits per heavy atom. The lowest BCUT2D eigenvalue weighted by Crippen LogP contribution is -2.47. The fourth-order valence-corrected chi connectivity index (χ4v) is 3.92. The maximum Gasteiger partial charge on any atom is 0.223 e. The Balaban J connectivity index is 1.67. The third-order valence-electron chi connectivity index (χ3n) is 5.56. The van der Waals surface area contributed by atoms with Gasteiger partial charge in [-0.2, -0.15) is 0 Å². The first-order valence-corrected chi connectivity index (χ1v) is 9.11. The zero-order valence-electron chi connectivity index (χ0n) is 14.0. The van der Waals surface area contributed by atoms with E-state index in [0.717, 1.165) is 38.4 Å². The molecule has 1 unspecified atom stereocenters. The van der Waals surface area contributed by atoms with Crippen molar-refractivity contribution >= 4 is 5.91 Å². The van der Waals surface area contributed by atoms with E-state index in [-0.39, 0.29) is 11.3 Å². The summed E-state index contributed by atoms with van der Waals surface area (Å²) in [7, 11) is 0. The minimum atomic E-state index is 0.256. The van der Waals surface area contributed by atoms with Crippen molar-refractivity contribution in [2.45, 2.75) is 71.6 Å². The standard InChI is InChI=1S/C18H34N2O/c1-3-4-6-15-7-9-16(10-8-15)17(21)20-14-18(2)11-5-12-19-13-18/h15-16,19H,3-14H2,1-2H3,(H,20,21). The van der Waals surface area contributed by atoms with Crippen LogP contribution in [0, 0.1) is 17.3 Å². The average molecular weight is 294 g/mol. The second-order valence-corrected chi connectivity index (χ2v) is 7.67. The molecule has 122 valence electrons. The smallest absolute Gasteiger partial charge is 0.223 e. The van der Waals surface area contributed by atoms with Crippen LogP contribution >= 0.6 is 0 Å². The summed E-state index contributed by atoms with van der Waals surface area (Å²) in [5.41, 5.74) is 0.256. The molecule has 1 amide bonds. The summed E-state index contributed by atoms with van der Waals surface area (Å²) >= 11 is 0. The first-order chi connectivity index (χ1) is 10.1. The molecule has 1 atom stereocenters. The quantitative estimate of drug-likeness (QED) is 0.787. The van der Waals surface area contributed by atoms with E-state index in [2.05, 4.69) is 24.5 Å². The third kappa shape index (κ3) is 5.28. The number of piperidine rings is 1. The van der Waals surface area contributed by atoms with Gasteiger partial charge in [0.15, 0.2) is 0 Å². The van der Waals surface area contributed by atoms with Crippen molar-refractivity contribution in [3.8, 4) is 0 Å². The van der Waals surface area contributed by atoms with Crippen LogP contribution < -0.4 is 10.6 Å². The summed E-state index contributed by atoms with van der Waals surface area (Å²) in [6.07, 6.45) is 11.2. The lowest BCUT2D eigenvalue weighted by Gasteiger charge is -2.35. The van der Waals surface area contributed by atoms with E-state index in [0.29, 0.717) is 5.91 Å². The van der Waals surface area contributed by atoms with Crippen LogP contribution in [-0.2, 0) is 4.79 Å². The van der Waals surface area contributed by atoms with Gasteiger partial charge < -0.3 is 10.6 Å². The lowest BCUT2D eigenvalue weighted by atomic mass is 9.79. The molecule has 2 N–H and O–H groups in total. The maximum atomic E-state index is 12.4. The van der Waals surface area contributed by atoms with Gasteiger partial charge in [-0.3, -0.25) is 4.79 Å². The van der Waals surface area contributed by atoms with Crippen molar-refractivity contribution in [1.82, 2.24) is 10.6 Å².